The zero-order valence-corrected chi connectivity index (χ0v) is 11.7. The van der Waals surface area contributed by atoms with Gasteiger partial charge in [0.25, 0.3) is 0 Å². The lowest BCUT2D eigenvalue weighted by Crippen LogP contribution is -2.43. The first-order chi connectivity index (χ1) is 7.90. The molecule has 0 fully saturated rings. The standard InChI is InChI=1S/C11H17ClN2O2S/c1-7-4-8(17-10(7)12)5-13-9(11(15)16)6-14(2)3/h4,9,13H,5-6H2,1-3H3,(H,15,16)/t9-/m0/s1. The highest BCUT2D eigenvalue weighted by atomic mass is 35.5. The first-order valence-corrected chi connectivity index (χ1v) is 6.45. The number of aryl methyl sites for hydroxylation is 1. The topological polar surface area (TPSA) is 52.6 Å². The van der Waals surface area contributed by atoms with Crippen molar-refractivity contribution in [3.05, 3.63) is 20.8 Å². The summed E-state index contributed by atoms with van der Waals surface area (Å²) < 4.78 is 0.765. The fourth-order valence-corrected chi connectivity index (χ4v) is 2.62. The summed E-state index contributed by atoms with van der Waals surface area (Å²) in [5.74, 6) is -0.835. The minimum absolute atomic E-state index is 0.466. The molecule has 0 unspecified atom stereocenters. The van der Waals surface area contributed by atoms with Crippen LogP contribution in [-0.2, 0) is 11.3 Å². The summed E-state index contributed by atoms with van der Waals surface area (Å²) in [6.45, 7) is 2.94. The fourth-order valence-electron chi connectivity index (χ4n) is 1.43. The zero-order valence-electron chi connectivity index (χ0n) is 10.2. The zero-order chi connectivity index (χ0) is 13.0. The molecule has 0 aliphatic heterocycles. The van der Waals surface area contributed by atoms with Crippen LogP contribution in [0.4, 0.5) is 0 Å². The number of hydrogen-bond acceptors (Lipinski definition) is 4. The Balaban J connectivity index is 2.54. The van der Waals surface area contributed by atoms with Gasteiger partial charge in [0.1, 0.15) is 6.04 Å². The molecule has 0 saturated heterocycles. The number of rotatable bonds is 6. The smallest absolute Gasteiger partial charge is 0.322 e. The molecule has 0 aromatic carbocycles. The van der Waals surface area contributed by atoms with Crippen molar-refractivity contribution in [1.82, 2.24) is 10.2 Å². The number of thiophene rings is 1. The van der Waals surface area contributed by atoms with Gasteiger partial charge in [-0.25, -0.2) is 0 Å². The molecule has 4 nitrogen and oxygen atoms in total. The Kier molecular flexibility index (Phi) is 5.39. The second-order valence-corrected chi connectivity index (χ2v) is 5.94. The number of aliphatic carboxylic acids is 1. The van der Waals surface area contributed by atoms with Crippen molar-refractivity contribution in [2.45, 2.75) is 19.5 Å². The van der Waals surface area contributed by atoms with Crippen LogP contribution < -0.4 is 5.32 Å². The summed E-state index contributed by atoms with van der Waals surface area (Å²) in [6, 6.07) is 1.42. The van der Waals surface area contributed by atoms with E-state index in [0.717, 1.165) is 14.8 Å². The molecular formula is C11H17ClN2O2S. The van der Waals surface area contributed by atoms with Gasteiger partial charge in [0, 0.05) is 18.0 Å². The number of nitrogens with zero attached hydrogens (tertiary/aromatic N) is 1. The highest BCUT2D eigenvalue weighted by molar-refractivity contribution is 7.16. The number of hydrogen-bond donors (Lipinski definition) is 2. The van der Waals surface area contributed by atoms with Gasteiger partial charge in [0.05, 0.1) is 4.34 Å². The number of carbonyl (C=O) groups is 1. The monoisotopic (exact) mass is 276 g/mol. The average molecular weight is 277 g/mol. The lowest BCUT2D eigenvalue weighted by atomic mass is 10.2. The number of carboxylic acid groups (broad SMARTS) is 1. The van der Waals surface area contributed by atoms with Crippen LogP contribution in [0.5, 0.6) is 0 Å². The normalized spacial score (nSPS) is 13.0. The Morgan fingerprint density at radius 2 is 2.29 bits per heavy atom. The lowest BCUT2D eigenvalue weighted by Gasteiger charge is -2.18. The van der Waals surface area contributed by atoms with Crippen molar-refractivity contribution in [3.8, 4) is 0 Å². The highest BCUT2D eigenvalue weighted by Gasteiger charge is 2.17. The van der Waals surface area contributed by atoms with Crippen LogP contribution in [0.1, 0.15) is 10.4 Å². The van der Waals surface area contributed by atoms with Crippen LogP contribution in [0.15, 0.2) is 6.07 Å². The van der Waals surface area contributed by atoms with E-state index in [1.54, 1.807) is 0 Å². The molecule has 1 heterocycles. The number of likely N-dealkylation sites (N-methyl/N-ethyl adjacent to an activating group) is 1. The maximum Gasteiger partial charge on any atom is 0.322 e. The molecule has 0 saturated carbocycles. The molecular weight excluding hydrogens is 260 g/mol. The van der Waals surface area contributed by atoms with Crippen molar-refractivity contribution >= 4 is 28.9 Å². The van der Waals surface area contributed by atoms with Gasteiger partial charge >= 0.3 is 5.97 Å². The van der Waals surface area contributed by atoms with Crippen molar-refractivity contribution in [2.24, 2.45) is 0 Å². The van der Waals surface area contributed by atoms with Crippen molar-refractivity contribution in [2.75, 3.05) is 20.6 Å². The molecule has 17 heavy (non-hydrogen) atoms. The molecule has 6 heteroatoms. The first-order valence-electron chi connectivity index (χ1n) is 5.26. The van der Waals surface area contributed by atoms with E-state index in [9.17, 15) is 4.79 Å². The molecule has 96 valence electrons. The van der Waals surface area contributed by atoms with Crippen molar-refractivity contribution in [3.63, 3.8) is 0 Å². The van der Waals surface area contributed by atoms with Gasteiger partial charge in [-0.05, 0) is 32.6 Å². The maximum atomic E-state index is 11.0. The minimum atomic E-state index is -0.835. The molecule has 0 amide bonds. The summed E-state index contributed by atoms with van der Waals surface area (Å²) in [5.41, 5.74) is 1.04. The number of carboxylic acids is 1. The summed E-state index contributed by atoms with van der Waals surface area (Å²) >= 11 is 7.44. The second kappa shape index (κ2) is 6.35. The fraction of sp³-hybridized carbons (Fsp3) is 0.545. The molecule has 0 spiro atoms. The summed E-state index contributed by atoms with van der Waals surface area (Å²) in [4.78, 5) is 13.9. The van der Waals surface area contributed by atoms with Crippen LogP contribution in [0.2, 0.25) is 4.34 Å². The predicted molar refractivity (Wildman–Crippen MR) is 70.9 cm³/mol. The highest BCUT2D eigenvalue weighted by Crippen LogP contribution is 2.26. The van der Waals surface area contributed by atoms with E-state index in [4.69, 9.17) is 16.7 Å². The Morgan fingerprint density at radius 3 is 2.71 bits per heavy atom. The molecule has 1 aromatic heterocycles. The predicted octanol–water partition coefficient (Wildman–Crippen LogP) is 1.81. The van der Waals surface area contributed by atoms with Crippen LogP contribution in [0, 0.1) is 6.92 Å². The van der Waals surface area contributed by atoms with Gasteiger partial charge < -0.3 is 10.0 Å². The Hall–Kier alpha value is -0.620. The van der Waals surface area contributed by atoms with E-state index in [2.05, 4.69) is 5.32 Å². The van der Waals surface area contributed by atoms with E-state index in [1.807, 2.05) is 32.0 Å². The Labute approximate surface area is 110 Å². The van der Waals surface area contributed by atoms with Crippen LogP contribution in [0.3, 0.4) is 0 Å². The van der Waals surface area contributed by atoms with E-state index >= 15 is 0 Å². The SMILES string of the molecule is Cc1cc(CN[C@@H](CN(C)C)C(=O)O)sc1Cl. The van der Waals surface area contributed by atoms with Crippen molar-refractivity contribution in [1.29, 1.82) is 0 Å². The molecule has 1 rings (SSSR count). The van der Waals surface area contributed by atoms with E-state index in [1.165, 1.54) is 11.3 Å². The third-order valence-corrected chi connectivity index (χ3v) is 3.83. The largest absolute Gasteiger partial charge is 0.480 e. The number of nitrogens with one attached hydrogen (secondary N) is 1. The number of halogens is 1. The van der Waals surface area contributed by atoms with E-state index < -0.39 is 12.0 Å². The van der Waals surface area contributed by atoms with E-state index in [-0.39, 0.29) is 0 Å². The Bertz CT molecular complexity index is 373. The first kappa shape index (κ1) is 14.4. The molecule has 1 aromatic rings. The lowest BCUT2D eigenvalue weighted by molar-refractivity contribution is -0.139. The molecule has 0 radical (unpaired) electrons. The Morgan fingerprint density at radius 1 is 1.65 bits per heavy atom. The molecule has 0 bridgehead atoms. The van der Waals surface area contributed by atoms with Crippen LogP contribution >= 0.6 is 22.9 Å². The molecule has 0 aliphatic carbocycles. The van der Waals surface area contributed by atoms with Crippen molar-refractivity contribution < 1.29 is 9.90 Å². The van der Waals surface area contributed by atoms with Crippen LogP contribution in [0.25, 0.3) is 0 Å². The molecule has 2 N–H and O–H groups in total. The van der Waals surface area contributed by atoms with Gasteiger partial charge in [0.2, 0.25) is 0 Å². The van der Waals surface area contributed by atoms with E-state index in [0.29, 0.717) is 13.1 Å². The van der Waals surface area contributed by atoms with Crippen LogP contribution in [-0.4, -0.2) is 42.7 Å². The third kappa shape index (κ3) is 4.63. The summed E-state index contributed by atoms with van der Waals surface area (Å²) in [7, 11) is 3.70. The van der Waals surface area contributed by atoms with Gasteiger partial charge in [-0.2, -0.15) is 0 Å². The maximum absolute atomic E-state index is 11.0. The van der Waals surface area contributed by atoms with Gasteiger partial charge in [0.15, 0.2) is 0 Å². The molecule has 1 atom stereocenters. The van der Waals surface area contributed by atoms with Gasteiger partial charge in [-0.3, -0.25) is 10.1 Å². The third-order valence-electron chi connectivity index (χ3n) is 2.28. The van der Waals surface area contributed by atoms with Gasteiger partial charge in [-0.15, -0.1) is 11.3 Å². The van der Waals surface area contributed by atoms with Gasteiger partial charge in [-0.1, -0.05) is 11.6 Å². The average Bonchev–Trinajstić information content (AvgIpc) is 2.52. The quantitative estimate of drug-likeness (QED) is 0.832. The summed E-state index contributed by atoms with van der Waals surface area (Å²) in [6.07, 6.45) is 0. The summed E-state index contributed by atoms with van der Waals surface area (Å²) in [5, 5.41) is 12.1. The minimum Gasteiger partial charge on any atom is -0.480 e. The second-order valence-electron chi connectivity index (χ2n) is 4.20. The molecule has 0 aliphatic rings.